The normalized spacial score (nSPS) is 17.8. The summed E-state index contributed by atoms with van der Waals surface area (Å²) < 4.78 is 32.6. The van der Waals surface area contributed by atoms with Crippen LogP contribution in [0.15, 0.2) is 10.2 Å². The molecule has 0 aromatic carbocycles. The fraction of sp³-hybridized carbons (Fsp3) is 0.364. The SMILES string of the molecule is Cc1[nH]c(=O)c2scc3c2c1CC(F)(F)CO3. The molecular weight excluding hydrogens is 248 g/mol. The first-order chi connectivity index (χ1) is 7.98. The van der Waals surface area contributed by atoms with Gasteiger partial charge < -0.3 is 9.72 Å². The second-order valence-electron chi connectivity index (χ2n) is 4.18. The molecule has 0 atom stereocenters. The third kappa shape index (κ3) is 1.55. The van der Waals surface area contributed by atoms with Crippen molar-refractivity contribution in [3.05, 3.63) is 27.0 Å². The van der Waals surface area contributed by atoms with Gasteiger partial charge in [-0.15, -0.1) is 11.3 Å². The lowest BCUT2D eigenvalue weighted by Crippen LogP contribution is -2.27. The van der Waals surface area contributed by atoms with Crippen LogP contribution in [0, 0.1) is 6.92 Å². The van der Waals surface area contributed by atoms with E-state index in [9.17, 15) is 13.6 Å². The van der Waals surface area contributed by atoms with Crippen LogP contribution in [0.3, 0.4) is 0 Å². The Balaban J connectivity index is 2.40. The van der Waals surface area contributed by atoms with Crippen molar-refractivity contribution in [3.8, 4) is 5.75 Å². The molecule has 1 aliphatic rings. The lowest BCUT2D eigenvalue weighted by atomic mass is 10.0. The third-order valence-electron chi connectivity index (χ3n) is 2.89. The van der Waals surface area contributed by atoms with Crippen molar-refractivity contribution >= 4 is 21.4 Å². The van der Waals surface area contributed by atoms with Crippen LogP contribution in [0.25, 0.3) is 10.1 Å². The van der Waals surface area contributed by atoms with Crippen LogP contribution in [0.5, 0.6) is 5.75 Å². The molecule has 0 bridgehead atoms. The van der Waals surface area contributed by atoms with E-state index in [0.717, 1.165) is 0 Å². The lowest BCUT2D eigenvalue weighted by Gasteiger charge is -2.14. The first-order valence-corrected chi connectivity index (χ1v) is 5.99. The zero-order valence-electron chi connectivity index (χ0n) is 8.97. The van der Waals surface area contributed by atoms with Crippen molar-refractivity contribution in [2.24, 2.45) is 0 Å². The van der Waals surface area contributed by atoms with Gasteiger partial charge in [0.25, 0.3) is 11.5 Å². The standard InChI is InChI=1S/C11H9F2NO2S/c1-5-6-2-11(12,13)4-16-7-3-17-9(8(6)7)10(15)14-5/h3H,2,4H2,1H3,(H,14,15). The molecule has 0 radical (unpaired) electrons. The summed E-state index contributed by atoms with van der Waals surface area (Å²) in [5.74, 6) is -2.50. The summed E-state index contributed by atoms with van der Waals surface area (Å²) in [6, 6.07) is 0. The van der Waals surface area contributed by atoms with Crippen LogP contribution < -0.4 is 10.3 Å². The van der Waals surface area contributed by atoms with Crippen LogP contribution in [0.4, 0.5) is 8.78 Å². The Labute approximate surface area is 99.0 Å². The maximum Gasteiger partial charge on any atom is 0.285 e. The van der Waals surface area contributed by atoms with Gasteiger partial charge in [0, 0.05) is 22.9 Å². The van der Waals surface area contributed by atoms with Crippen LogP contribution in [-0.4, -0.2) is 17.5 Å². The first kappa shape index (κ1) is 10.7. The predicted octanol–water partition coefficient (Wildman–Crippen LogP) is 2.47. The molecule has 90 valence electrons. The molecule has 1 aliphatic heterocycles. The zero-order valence-corrected chi connectivity index (χ0v) is 9.79. The van der Waals surface area contributed by atoms with E-state index in [1.54, 1.807) is 12.3 Å². The van der Waals surface area contributed by atoms with Gasteiger partial charge in [-0.05, 0) is 12.5 Å². The highest BCUT2D eigenvalue weighted by atomic mass is 32.1. The van der Waals surface area contributed by atoms with E-state index in [0.29, 0.717) is 27.1 Å². The summed E-state index contributed by atoms with van der Waals surface area (Å²) in [6.45, 7) is 1.00. The van der Waals surface area contributed by atoms with Gasteiger partial charge >= 0.3 is 0 Å². The minimum Gasteiger partial charge on any atom is -0.486 e. The monoisotopic (exact) mass is 257 g/mol. The van der Waals surface area contributed by atoms with Crippen LogP contribution >= 0.6 is 11.3 Å². The number of hydrogen-bond donors (Lipinski definition) is 1. The molecule has 3 nitrogen and oxygen atoms in total. The van der Waals surface area contributed by atoms with Crippen molar-refractivity contribution in [3.63, 3.8) is 0 Å². The molecule has 6 heteroatoms. The second kappa shape index (κ2) is 3.29. The van der Waals surface area contributed by atoms with E-state index in [2.05, 4.69) is 4.98 Å². The lowest BCUT2D eigenvalue weighted by molar-refractivity contribution is -0.0372. The van der Waals surface area contributed by atoms with Gasteiger partial charge in [0.15, 0.2) is 6.61 Å². The van der Waals surface area contributed by atoms with E-state index >= 15 is 0 Å². The molecule has 1 N–H and O–H groups in total. The molecule has 0 amide bonds. The zero-order chi connectivity index (χ0) is 12.2. The highest BCUT2D eigenvalue weighted by molar-refractivity contribution is 7.17. The van der Waals surface area contributed by atoms with Gasteiger partial charge in [-0.1, -0.05) is 0 Å². The Kier molecular flexibility index (Phi) is 2.07. The van der Waals surface area contributed by atoms with Crippen molar-refractivity contribution in [2.75, 3.05) is 6.61 Å². The Hall–Kier alpha value is -1.43. The summed E-state index contributed by atoms with van der Waals surface area (Å²) in [5.41, 5.74) is 0.733. The number of aryl methyl sites for hydroxylation is 1. The molecule has 3 heterocycles. The van der Waals surface area contributed by atoms with Crippen molar-refractivity contribution in [2.45, 2.75) is 19.3 Å². The number of rotatable bonds is 0. The van der Waals surface area contributed by atoms with E-state index in [4.69, 9.17) is 4.74 Å². The average Bonchev–Trinajstić information content (AvgIpc) is 2.60. The van der Waals surface area contributed by atoms with E-state index in [1.807, 2.05) is 0 Å². The molecule has 0 fully saturated rings. The number of pyridine rings is 1. The first-order valence-electron chi connectivity index (χ1n) is 5.11. The molecule has 0 saturated carbocycles. The number of alkyl halides is 2. The average molecular weight is 257 g/mol. The Bertz CT molecular complexity index is 659. The largest absolute Gasteiger partial charge is 0.486 e. The maximum atomic E-state index is 13.5. The molecule has 2 aromatic rings. The van der Waals surface area contributed by atoms with E-state index < -0.39 is 19.0 Å². The number of ether oxygens (including phenoxy) is 1. The predicted molar refractivity (Wildman–Crippen MR) is 61.3 cm³/mol. The van der Waals surface area contributed by atoms with Gasteiger partial charge in [-0.3, -0.25) is 4.79 Å². The quantitative estimate of drug-likeness (QED) is 0.787. The summed E-state index contributed by atoms with van der Waals surface area (Å²) in [7, 11) is 0. The summed E-state index contributed by atoms with van der Waals surface area (Å²) >= 11 is 1.22. The summed E-state index contributed by atoms with van der Waals surface area (Å²) in [6.07, 6.45) is -0.393. The van der Waals surface area contributed by atoms with Gasteiger partial charge in [0.2, 0.25) is 0 Å². The highest BCUT2D eigenvalue weighted by Gasteiger charge is 2.36. The van der Waals surface area contributed by atoms with Gasteiger partial charge in [-0.25, -0.2) is 8.78 Å². The minimum atomic E-state index is -2.90. The van der Waals surface area contributed by atoms with Crippen LogP contribution in [-0.2, 0) is 6.42 Å². The van der Waals surface area contributed by atoms with Crippen molar-refractivity contribution in [1.29, 1.82) is 0 Å². The fourth-order valence-electron chi connectivity index (χ4n) is 2.11. The van der Waals surface area contributed by atoms with Gasteiger partial charge in [0.05, 0.1) is 0 Å². The Morgan fingerprint density at radius 1 is 1.53 bits per heavy atom. The topological polar surface area (TPSA) is 42.1 Å². The number of thiophene rings is 1. The van der Waals surface area contributed by atoms with Gasteiger partial charge in [0.1, 0.15) is 10.4 Å². The summed E-state index contributed by atoms with van der Waals surface area (Å²) in [4.78, 5) is 14.3. The van der Waals surface area contributed by atoms with Crippen molar-refractivity contribution < 1.29 is 13.5 Å². The van der Waals surface area contributed by atoms with Gasteiger partial charge in [-0.2, -0.15) is 0 Å². The third-order valence-corrected chi connectivity index (χ3v) is 3.85. The van der Waals surface area contributed by atoms with Crippen LogP contribution in [0.2, 0.25) is 0 Å². The molecule has 0 aliphatic carbocycles. The Morgan fingerprint density at radius 2 is 2.29 bits per heavy atom. The molecule has 0 saturated heterocycles. The molecule has 17 heavy (non-hydrogen) atoms. The number of H-pyrrole nitrogens is 1. The number of hydrogen-bond acceptors (Lipinski definition) is 3. The maximum absolute atomic E-state index is 13.5. The smallest absolute Gasteiger partial charge is 0.285 e. The number of halogens is 2. The fourth-order valence-corrected chi connectivity index (χ4v) is 3.02. The van der Waals surface area contributed by atoms with E-state index in [-0.39, 0.29) is 5.56 Å². The molecule has 0 unspecified atom stereocenters. The van der Waals surface area contributed by atoms with E-state index in [1.165, 1.54) is 11.3 Å². The summed E-state index contributed by atoms with van der Waals surface area (Å²) in [5, 5.41) is 2.16. The number of aromatic nitrogens is 1. The highest BCUT2D eigenvalue weighted by Crippen LogP contribution is 2.39. The minimum absolute atomic E-state index is 0.244. The molecular formula is C11H9F2NO2S. The van der Waals surface area contributed by atoms with Crippen molar-refractivity contribution in [1.82, 2.24) is 4.98 Å². The second-order valence-corrected chi connectivity index (χ2v) is 5.06. The van der Waals surface area contributed by atoms with Crippen LogP contribution in [0.1, 0.15) is 11.3 Å². The number of nitrogens with one attached hydrogen (secondary N) is 1. The number of aromatic amines is 1. The molecule has 2 aromatic heterocycles. The molecule has 3 rings (SSSR count). The molecule has 0 spiro atoms. The Morgan fingerprint density at radius 3 is 3.06 bits per heavy atom.